The molecule has 2 amide bonds. The Morgan fingerprint density at radius 3 is 2.54 bits per heavy atom. The minimum Gasteiger partial charge on any atom is -0.480 e. The Morgan fingerprint density at radius 2 is 1.83 bits per heavy atom. The van der Waals surface area contributed by atoms with Crippen LogP contribution in [0.4, 0.5) is 0 Å². The predicted molar refractivity (Wildman–Crippen MR) is 129 cm³/mol. The number of rotatable bonds is 6. The number of amides is 2. The van der Waals surface area contributed by atoms with Gasteiger partial charge in [0.25, 0.3) is 0 Å². The first-order chi connectivity index (χ1) is 16.7. The highest BCUT2D eigenvalue weighted by Gasteiger charge is 2.64. The zero-order valence-corrected chi connectivity index (χ0v) is 20.2. The van der Waals surface area contributed by atoms with E-state index in [-0.39, 0.29) is 0 Å². The molecule has 2 aromatic carbocycles. The fourth-order valence-corrected chi connectivity index (χ4v) is 6.83. The van der Waals surface area contributed by atoms with Crippen LogP contribution in [-0.4, -0.2) is 56.0 Å². The number of hydrogen-bond donors (Lipinski definition) is 2. The highest BCUT2D eigenvalue weighted by molar-refractivity contribution is 8.01. The van der Waals surface area contributed by atoms with Crippen molar-refractivity contribution in [1.82, 2.24) is 10.2 Å². The summed E-state index contributed by atoms with van der Waals surface area (Å²) in [6.45, 7) is 3.53. The zero-order chi connectivity index (χ0) is 24.9. The number of β-lactam (4-membered cyclic amide) rings is 1. The molecule has 0 spiro atoms. The molecule has 1 aliphatic carbocycles. The molecular weight excluding hydrogens is 468 g/mol. The van der Waals surface area contributed by atoms with Gasteiger partial charge in [-0.1, -0.05) is 36.4 Å². The Hall–Kier alpha value is -3.33. The second-order valence-corrected chi connectivity index (χ2v) is 11.4. The van der Waals surface area contributed by atoms with E-state index in [0.29, 0.717) is 11.3 Å². The lowest BCUT2D eigenvalue weighted by atomic mass is 9.94. The molecule has 2 fully saturated rings. The number of fused-ring (bicyclic) bond motifs is 2. The molecule has 2 saturated heterocycles. The van der Waals surface area contributed by atoms with Crippen molar-refractivity contribution in [2.75, 3.05) is 0 Å². The number of nitrogens with zero attached hydrogens (tertiary/aromatic N) is 1. The standard InChI is InChI=1S/C26H26N2O6S/c1-26(2)20(24(31)32)28-22(30)19(23(28)35-26)27-21(29)18(15-7-4-3-5-8-15)25(33)34-17-12-11-14-9-6-10-16(14)13-17/h3-5,7-8,11-13,18-20,23H,6,9-10H2,1-2H3,(H,27,29)(H,31,32)/t18-,19-,20+,23-/m1/s1. The molecule has 0 bridgehead atoms. The number of carbonyl (C=O) groups excluding carboxylic acids is 3. The van der Waals surface area contributed by atoms with Gasteiger partial charge in [-0.05, 0) is 61.9 Å². The number of ether oxygens (including phenoxy) is 1. The van der Waals surface area contributed by atoms with E-state index in [9.17, 15) is 24.3 Å². The van der Waals surface area contributed by atoms with Crippen molar-refractivity contribution < 1.29 is 29.0 Å². The van der Waals surface area contributed by atoms with Crippen molar-refractivity contribution in [3.05, 3.63) is 65.2 Å². The lowest BCUT2D eigenvalue weighted by molar-refractivity contribution is -0.161. The quantitative estimate of drug-likeness (QED) is 0.275. The van der Waals surface area contributed by atoms with E-state index in [4.69, 9.17) is 4.74 Å². The van der Waals surface area contributed by atoms with Crippen molar-refractivity contribution >= 4 is 35.5 Å². The largest absolute Gasteiger partial charge is 0.480 e. The second-order valence-electron chi connectivity index (χ2n) is 9.63. The van der Waals surface area contributed by atoms with Crippen LogP contribution in [0.3, 0.4) is 0 Å². The molecule has 8 nitrogen and oxygen atoms in total. The van der Waals surface area contributed by atoms with Gasteiger partial charge in [-0.2, -0.15) is 0 Å². The average molecular weight is 495 g/mol. The number of nitrogens with one attached hydrogen (secondary N) is 1. The highest BCUT2D eigenvalue weighted by atomic mass is 32.2. The summed E-state index contributed by atoms with van der Waals surface area (Å²) in [7, 11) is 0. The van der Waals surface area contributed by atoms with Gasteiger partial charge in [-0.25, -0.2) is 4.79 Å². The molecular formula is C26H26N2O6S. The lowest BCUT2D eigenvalue weighted by Gasteiger charge is -2.43. The van der Waals surface area contributed by atoms with Crippen LogP contribution in [0.5, 0.6) is 5.75 Å². The fraction of sp³-hybridized carbons (Fsp3) is 0.385. The summed E-state index contributed by atoms with van der Waals surface area (Å²) in [6, 6.07) is 12.2. The summed E-state index contributed by atoms with van der Waals surface area (Å²) in [5.74, 6) is -3.83. The van der Waals surface area contributed by atoms with Crippen molar-refractivity contribution in [2.45, 2.75) is 61.2 Å². The minimum atomic E-state index is -1.28. The molecule has 4 atom stereocenters. The van der Waals surface area contributed by atoms with Crippen LogP contribution >= 0.6 is 11.8 Å². The summed E-state index contributed by atoms with van der Waals surface area (Å²) in [4.78, 5) is 52.5. The normalized spacial score (nSPS) is 24.7. The first-order valence-electron chi connectivity index (χ1n) is 11.6. The molecule has 2 aromatic rings. The first kappa shape index (κ1) is 23.4. The van der Waals surface area contributed by atoms with Gasteiger partial charge in [0.15, 0.2) is 5.92 Å². The van der Waals surface area contributed by atoms with Crippen LogP contribution in [0, 0.1) is 0 Å². The maximum atomic E-state index is 13.4. The SMILES string of the molecule is CC1(C)S[C@@H]2[C@H](NC(=O)[C@H](C(=O)Oc3ccc4c(c3)CCC4)c3ccccc3)C(=O)N2[C@H]1C(=O)O. The number of carboxylic acids is 1. The molecule has 182 valence electrons. The topological polar surface area (TPSA) is 113 Å². The number of aliphatic carboxylic acids is 1. The van der Waals surface area contributed by atoms with Gasteiger partial charge >= 0.3 is 11.9 Å². The average Bonchev–Trinajstić information content (AvgIpc) is 3.38. The third-order valence-corrected chi connectivity index (χ3v) is 8.46. The first-order valence-corrected chi connectivity index (χ1v) is 12.5. The molecule has 3 aliphatic rings. The molecule has 0 radical (unpaired) electrons. The Morgan fingerprint density at radius 1 is 1.11 bits per heavy atom. The number of benzene rings is 2. The molecule has 0 aromatic heterocycles. The van der Waals surface area contributed by atoms with E-state index >= 15 is 0 Å². The summed E-state index contributed by atoms with van der Waals surface area (Å²) in [5.41, 5.74) is 2.83. The van der Waals surface area contributed by atoms with Gasteiger partial charge in [0.2, 0.25) is 11.8 Å². The van der Waals surface area contributed by atoms with E-state index in [1.54, 1.807) is 50.2 Å². The Labute approximate surface area is 207 Å². The highest BCUT2D eigenvalue weighted by Crippen LogP contribution is 2.50. The molecule has 2 N–H and O–H groups in total. The van der Waals surface area contributed by atoms with E-state index in [1.165, 1.54) is 22.2 Å². The van der Waals surface area contributed by atoms with Crippen LogP contribution in [0.2, 0.25) is 0 Å². The van der Waals surface area contributed by atoms with E-state index in [2.05, 4.69) is 5.32 Å². The summed E-state index contributed by atoms with van der Waals surface area (Å²) >= 11 is 1.33. The number of carbonyl (C=O) groups is 4. The van der Waals surface area contributed by atoms with E-state index < -0.39 is 51.9 Å². The number of thioether (sulfide) groups is 1. The summed E-state index contributed by atoms with van der Waals surface area (Å²) < 4.78 is 4.92. The maximum Gasteiger partial charge on any atom is 0.328 e. The summed E-state index contributed by atoms with van der Waals surface area (Å²) in [6.07, 6.45) is 2.99. The van der Waals surface area contributed by atoms with Crippen LogP contribution in [-0.2, 0) is 32.0 Å². The summed E-state index contributed by atoms with van der Waals surface area (Å²) in [5, 5.41) is 11.8. The molecule has 2 aliphatic heterocycles. The Bertz CT molecular complexity index is 1210. The smallest absolute Gasteiger partial charge is 0.328 e. The molecule has 0 unspecified atom stereocenters. The van der Waals surface area contributed by atoms with Crippen molar-refractivity contribution in [3.63, 3.8) is 0 Å². The van der Waals surface area contributed by atoms with Crippen LogP contribution < -0.4 is 10.1 Å². The van der Waals surface area contributed by atoms with Gasteiger partial charge in [-0.3, -0.25) is 14.4 Å². The Balaban J connectivity index is 1.35. The molecule has 35 heavy (non-hydrogen) atoms. The number of carboxylic acid groups (broad SMARTS) is 1. The van der Waals surface area contributed by atoms with Gasteiger partial charge in [0.1, 0.15) is 23.2 Å². The van der Waals surface area contributed by atoms with Gasteiger partial charge in [0.05, 0.1) is 0 Å². The lowest BCUT2D eigenvalue weighted by Crippen LogP contribution is -2.71. The van der Waals surface area contributed by atoms with Crippen LogP contribution in [0.25, 0.3) is 0 Å². The second kappa shape index (κ2) is 8.71. The third-order valence-electron chi connectivity index (χ3n) is 6.89. The predicted octanol–water partition coefficient (Wildman–Crippen LogP) is 2.50. The van der Waals surface area contributed by atoms with Gasteiger partial charge in [-0.15, -0.1) is 11.8 Å². The maximum absolute atomic E-state index is 13.4. The minimum absolute atomic E-state index is 0.382. The number of aryl methyl sites for hydroxylation is 2. The Kier molecular flexibility index (Phi) is 5.83. The molecule has 2 heterocycles. The van der Waals surface area contributed by atoms with Gasteiger partial charge in [0, 0.05) is 4.75 Å². The zero-order valence-electron chi connectivity index (χ0n) is 19.4. The molecule has 9 heteroatoms. The fourth-order valence-electron chi connectivity index (χ4n) is 5.21. The molecule has 5 rings (SSSR count). The van der Waals surface area contributed by atoms with E-state index in [1.807, 2.05) is 12.1 Å². The van der Waals surface area contributed by atoms with Crippen molar-refractivity contribution in [2.24, 2.45) is 0 Å². The van der Waals surface area contributed by atoms with Crippen LogP contribution in [0.15, 0.2) is 48.5 Å². The third kappa shape index (κ3) is 4.07. The number of hydrogen-bond acceptors (Lipinski definition) is 6. The monoisotopic (exact) mass is 494 g/mol. The van der Waals surface area contributed by atoms with E-state index in [0.717, 1.165) is 24.8 Å². The molecule has 0 saturated carbocycles. The van der Waals surface area contributed by atoms with Crippen molar-refractivity contribution in [3.8, 4) is 5.75 Å². The van der Waals surface area contributed by atoms with Crippen LogP contribution in [0.1, 0.15) is 42.9 Å². The van der Waals surface area contributed by atoms with Gasteiger partial charge < -0.3 is 20.1 Å². The van der Waals surface area contributed by atoms with Crippen molar-refractivity contribution in [1.29, 1.82) is 0 Å². The number of esters is 1.